The molecule has 0 spiro atoms. The van der Waals surface area contributed by atoms with Crippen LogP contribution in [-0.2, 0) is 9.53 Å². The number of carbonyl (C=O) groups excluding carboxylic acids is 1. The maximum Gasteiger partial charge on any atom is 0.322 e. The predicted octanol–water partition coefficient (Wildman–Crippen LogP) is 2.61. The Morgan fingerprint density at radius 3 is 2.94 bits per heavy atom. The van der Waals surface area contributed by atoms with Crippen molar-refractivity contribution >= 4 is 17.7 Å². The SMILES string of the molecule is CCCNC(CCSc1ccoc1C)C(=O)OC. The molecule has 0 aromatic carbocycles. The zero-order valence-electron chi connectivity index (χ0n) is 11.2. The topological polar surface area (TPSA) is 51.5 Å². The van der Waals surface area contributed by atoms with Gasteiger partial charge in [-0.2, -0.15) is 0 Å². The van der Waals surface area contributed by atoms with Crippen molar-refractivity contribution < 1.29 is 13.9 Å². The van der Waals surface area contributed by atoms with E-state index in [1.807, 2.05) is 13.0 Å². The smallest absolute Gasteiger partial charge is 0.322 e. The lowest BCUT2D eigenvalue weighted by molar-refractivity contribution is -0.143. The van der Waals surface area contributed by atoms with E-state index in [9.17, 15) is 4.79 Å². The number of thioether (sulfide) groups is 1. The van der Waals surface area contributed by atoms with Gasteiger partial charge in [-0.05, 0) is 32.4 Å². The summed E-state index contributed by atoms with van der Waals surface area (Å²) < 4.78 is 10.0. The number of hydrogen-bond donors (Lipinski definition) is 1. The molecule has 4 nitrogen and oxygen atoms in total. The number of esters is 1. The minimum Gasteiger partial charge on any atom is -0.468 e. The van der Waals surface area contributed by atoms with Gasteiger partial charge in [0, 0.05) is 10.6 Å². The standard InChI is InChI=1S/C13H21NO3S/c1-4-7-14-11(13(15)16-3)6-9-18-12-5-8-17-10(12)2/h5,8,11,14H,4,6-7,9H2,1-3H3. The van der Waals surface area contributed by atoms with Crippen molar-refractivity contribution in [2.75, 3.05) is 19.4 Å². The third-order valence-electron chi connectivity index (χ3n) is 2.60. The Hall–Kier alpha value is -0.940. The van der Waals surface area contributed by atoms with Crippen LogP contribution >= 0.6 is 11.8 Å². The largest absolute Gasteiger partial charge is 0.468 e. The first kappa shape index (κ1) is 15.1. The van der Waals surface area contributed by atoms with Crippen molar-refractivity contribution in [2.45, 2.75) is 37.6 Å². The van der Waals surface area contributed by atoms with Gasteiger partial charge in [-0.15, -0.1) is 11.8 Å². The highest BCUT2D eigenvalue weighted by Gasteiger charge is 2.17. The second-order valence-electron chi connectivity index (χ2n) is 4.01. The van der Waals surface area contributed by atoms with Crippen LogP contribution < -0.4 is 5.32 Å². The van der Waals surface area contributed by atoms with Crippen LogP contribution in [0.2, 0.25) is 0 Å². The molecule has 0 bridgehead atoms. The van der Waals surface area contributed by atoms with Crippen LogP contribution in [0, 0.1) is 6.92 Å². The number of carbonyl (C=O) groups is 1. The van der Waals surface area contributed by atoms with E-state index in [0.29, 0.717) is 0 Å². The Morgan fingerprint density at radius 1 is 1.61 bits per heavy atom. The summed E-state index contributed by atoms with van der Waals surface area (Å²) in [7, 11) is 1.43. The molecule has 1 aromatic rings. The summed E-state index contributed by atoms with van der Waals surface area (Å²) in [5.41, 5.74) is 0. The van der Waals surface area contributed by atoms with Crippen LogP contribution in [0.4, 0.5) is 0 Å². The maximum absolute atomic E-state index is 11.6. The lowest BCUT2D eigenvalue weighted by atomic mass is 10.2. The molecule has 0 saturated carbocycles. The zero-order valence-corrected chi connectivity index (χ0v) is 12.0. The average Bonchev–Trinajstić information content (AvgIpc) is 2.78. The van der Waals surface area contributed by atoms with Gasteiger partial charge in [0.2, 0.25) is 0 Å². The van der Waals surface area contributed by atoms with Crippen LogP contribution in [0.5, 0.6) is 0 Å². The maximum atomic E-state index is 11.6. The van der Waals surface area contributed by atoms with Gasteiger partial charge in [-0.1, -0.05) is 6.92 Å². The molecule has 0 fully saturated rings. The lowest BCUT2D eigenvalue weighted by Crippen LogP contribution is -2.38. The van der Waals surface area contributed by atoms with Crippen molar-refractivity contribution in [3.63, 3.8) is 0 Å². The molecule has 1 rings (SSSR count). The minimum atomic E-state index is -0.213. The molecule has 1 aromatic heterocycles. The third kappa shape index (κ3) is 4.74. The molecule has 1 heterocycles. The molecule has 0 aliphatic heterocycles. The first-order chi connectivity index (χ1) is 8.69. The van der Waals surface area contributed by atoms with Gasteiger partial charge < -0.3 is 14.5 Å². The quantitative estimate of drug-likeness (QED) is 0.582. The first-order valence-corrected chi connectivity index (χ1v) is 7.15. The van der Waals surface area contributed by atoms with Crippen molar-refractivity contribution in [2.24, 2.45) is 0 Å². The van der Waals surface area contributed by atoms with E-state index in [-0.39, 0.29) is 12.0 Å². The number of hydrogen-bond acceptors (Lipinski definition) is 5. The normalized spacial score (nSPS) is 12.4. The van der Waals surface area contributed by atoms with Crippen LogP contribution in [0.3, 0.4) is 0 Å². The van der Waals surface area contributed by atoms with Crippen molar-refractivity contribution in [3.8, 4) is 0 Å². The second kappa shape index (κ2) is 8.21. The molecule has 0 radical (unpaired) electrons. The Balaban J connectivity index is 2.37. The van der Waals surface area contributed by atoms with E-state index >= 15 is 0 Å². The van der Waals surface area contributed by atoms with Gasteiger partial charge in [0.1, 0.15) is 11.8 Å². The fourth-order valence-corrected chi connectivity index (χ4v) is 2.55. The summed E-state index contributed by atoms with van der Waals surface area (Å²) in [5.74, 6) is 1.60. The Kier molecular flexibility index (Phi) is 6.90. The number of aryl methyl sites for hydroxylation is 1. The van der Waals surface area contributed by atoms with E-state index in [1.54, 1.807) is 18.0 Å². The molecule has 5 heteroatoms. The highest BCUT2D eigenvalue weighted by atomic mass is 32.2. The van der Waals surface area contributed by atoms with Crippen molar-refractivity contribution in [1.29, 1.82) is 0 Å². The molecule has 0 amide bonds. The third-order valence-corrected chi connectivity index (χ3v) is 3.78. The Morgan fingerprint density at radius 2 is 2.39 bits per heavy atom. The summed E-state index contributed by atoms with van der Waals surface area (Å²) in [6.07, 6.45) is 3.44. The molecule has 0 aliphatic rings. The van der Waals surface area contributed by atoms with E-state index in [0.717, 1.165) is 35.8 Å². The van der Waals surface area contributed by atoms with Gasteiger partial charge in [-0.25, -0.2) is 0 Å². The minimum absolute atomic E-state index is 0.187. The number of nitrogens with one attached hydrogen (secondary N) is 1. The van der Waals surface area contributed by atoms with Gasteiger partial charge in [0.15, 0.2) is 0 Å². The van der Waals surface area contributed by atoms with Crippen LogP contribution in [0.1, 0.15) is 25.5 Å². The molecule has 0 aliphatic carbocycles. The fraction of sp³-hybridized carbons (Fsp3) is 0.615. The molecular weight excluding hydrogens is 250 g/mol. The molecule has 0 saturated heterocycles. The number of furan rings is 1. The number of rotatable bonds is 8. The van der Waals surface area contributed by atoms with E-state index in [4.69, 9.17) is 9.15 Å². The summed E-state index contributed by atoms with van der Waals surface area (Å²) in [6, 6.07) is 1.74. The second-order valence-corrected chi connectivity index (χ2v) is 5.14. The monoisotopic (exact) mass is 271 g/mol. The molecule has 1 N–H and O–H groups in total. The summed E-state index contributed by atoms with van der Waals surface area (Å²) in [4.78, 5) is 12.7. The Bertz CT molecular complexity index is 365. The fourth-order valence-electron chi connectivity index (χ4n) is 1.57. The van der Waals surface area contributed by atoms with Crippen molar-refractivity contribution in [3.05, 3.63) is 18.1 Å². The summed E-state index contributed by atoms with van der Waals surface area (Å²) in [6.45, 7) is 4.84. The first-order valence-electron chi connectivity index (χ1n) is 6.17. The highest BCUT2D eigenvalue weighted by Crippen LogP contribution is 2.24. The molecule has 102 valence electrons. The number of methoxy groups -OCH3 is 1. The summed E-state index contributed by atoms with van der Waals surface area (Å²) in [5, 5.41) is 3.20. The average molecular weight is 271 g/mol. The van der Waals surface area contributed by atoms with E-state index in [1.165, 1.54) is 7.11 Å². The van der Waals surface area contributed by atoms with Crippen molar-refractivity contribution in [1.82, 2.24) is 5.32 Å². The molecule has 1 unspecified atom stereocenters. The highest BCUT2D eigenvalue weighted by molar-refractivity contribution is 7.99. The predicted molar refractivity (Wildman–Crippen MR) is 72.9 cm³/mol. The zero-order chi connectivity index (χ0) is 13.4. The van der Waals surface area contributed by atoms with E-state index in [2.05, 4.69) is 12.2 Å². The molecular formula is C13H21NO3S. The molecule has 18 heavy (non-hydrogen) atoms. The summed E-state index contributed by atoms with van der Waals surface area (Å²) >= 11 is 1.70. The Labute approximate surface area is 112 Å². The van der Waals surface area contributed by atoms with Gasteiger partial charge in [0.25, 0.3) is 0 Å². The van der Waals surface area contributed by atoms with Gasteiger partial charge in [0.05, 0.1) is 13.4 Å². The lowest BCUT2D eigenvalue weighted by Gasteiger charge is -2.15. The van der Waals surface area contributed by atoms with Gasteiger partial charge in [-0.3, -0.25) is 4.79 Å². The number of ether oxygens (including phenoxy) is 1. The van der Waals surface area contributed by atoms with Crippen LogP contribution in [0.25, 0.3) is 0 Å². The van der Waals surface area contributed by atoms with E-state index < -0.39 is 0 Å². The molecule has 1 atom stereocenters. The van der Waals surface area contributed by atoms with Crippen LogP contribution in [0.15, 0.2) is 21.6 Å². The van der Waals surface area contributed by atoms with Gasteiger partial charge >= 0.3 is 5.97 Å². The van der Waals surface area contributed by atoms with Crippen LogP contribution in [-0.4, -0.2) is 31.4 Å².